The topological polar surface area (TPSA) is 24.1 Å². The zero-order chi connectivity index (χ0) is 10.6. The third-order valence-electron chi connectivity index (χ3n) is 4.44. The first-order valence-electron chi connectivity index (χ1n) is 6.80. The van der Waals surface area contributed by atoms with E-state index in [0.29, 0.717) is 5.54 Å². The van der Waals surface area contributed by atoms with Gasteiger partial charge in [0.1, 0.15) is 0 Å². The monoisotopic (exact) mass is 210 g/mol. The first-order valence-corrected chi connectivity index (χ1v) is 6.80. The maximum Gasteiger partial charge on any atom is 0.0178 e. The molecule has 1 saturated carbocycles. The van der Waals surface area contributed by atoms with E-state index in [1.165, 1.54) is 64.6 Å². The lowest BCUT2D eigenvalue weighted by Gasteiger charge is -2.42. The van der Waals surface area contributed by atoms with Crippen molar-refractivity contribution >= 4 is 0 Å². The van der Waals surface area contributed by atoms with E-state index in [4.69, 9.17) is 0 Å². The van der Waals surface area contributed by atoms with Crippen molar-refractivity contribution < 1.29 is 0 Å². The molecule has 0 aromatic rings. The van der Waals surface area contributed by atoms with Gasteiger partial charge in [0.15, 0.2) is 0 Å². The van der Waals surface area contributed by atoms with Gasteiger partial charge in [0, 0.05) is 5.54 Å². The zero-order valence-electron chi connectivity index (χ0n) is 10.1. The van der Waals surface area contributed by atoms with Crippen LogP contribution in [0.3, 0.4) is 0 Å². The second-order valence-corrected chi connectivity index (χ2v) is 5.42. The van der Waals surface area contributed by atoms with Crippen LogP contribution in [0.4, 0.5) is 0 Å². The Morgan fingerprint density at radius 2 is 2.27 bits per heavy atom. The number of rotatable bonds is 6. The highest BCUT2D eigenvalue weighted by molar-refractivity contribution is 4.94. The van der Waals surface area contributed by atoms with Gasteiger partial charge in [-0.1, -0.05) is 6.92 Å². The summed E-state index contributed by atoms with van der Waals surface area (Å²) in [6, 6.07) is 0. The summed E-state index contributed by atoms with van der Waals surface area (Å²) in [5.41, 5.74) is 0.550. The van der Waals surface area contributed by atoms with Gasteiger partial charge in [-0.05, 0) is 70.5 Å². The van der Waals surface area contributed by atoms with Crippen molar-refractivity contribution in [3.05, 3.63) is 0 Å². The Morgan fingerprint density at radius 3 is 2.80 bits per heavy atom. The van der Waals surface area contributed by atoms with E-state index >= 15 is 0 Å². The fourth-order valence-corrected chi connectivity index (χ4v) is 2.96. The van der Waals surface area contributed by atoms with Gasteiger partial charge in [-0.15, -0.1) is 0 Å². The highest BCUT2D eigenvalue weighted by Crippen LogP contribution is 2.34. The molecule has 0 spiro atoms. The van der Waals surface area contributed by atoms with Crippen LogP contribution in [0.15, 0.2) is 0 Å². The lowest BCUT2D eigenvalue weighted by Crippen LogP contribution is -2.50. The normalized spacial score (nSPS) is 29.0. The van der Waals surface area contributed by atoms with E-state index < -0.39 is 0 Å². The molecule has 15 heavy (non-hydrogen) atoms. The third-order valence-corrected chi connectivity index (χ3v) is 4.44. The standard InChI is InChI=1S/C13H26N2/c1-2-13(7-4-8-13)15-9-3-5-12-6-10-14-11-12/h12,14-15H,2-11H2,1H3. The molecule has 2 nitrogen and oxygen atoms in total. The van der Waals surface area contributed by atoms with Crippen molar-refractivity contribution in [3.63, 3.8) is 0 Å². The number of hydrogen-bond donors (Lipinski definition) is 2. The smallest absolute Gasteiger partial charge is 0.0178 e. The van der Waals surface area contributed by atoms with Crippen molar-refractivity contribution in [3.8, 4) is 0 Å². The van der Waals surface area contributed by atoms with Crippen molar-refractivity contribution in [2.45, 2.75) is 57.4 Å². The molecule has 2 rings (SSSR count). The van der Waals surface area contributed by atoms with Gasteiger partial charge in [-0.3, -0.25) is 0 Å². The lowest BCUT2D eigenvalue weighted by molar-refractivity contribution is 0.176. The van der Waals surface area contributed by atoms with Crippen LogP contribution in [0.2, 0.25) is 0 Å². The fraction of sp³-hybridized carbons (Fsp3) is 1.00. The van der Waals surface area contributed by atoms with E-state index in [1.807, 2.05) is 0 Å². The SMILES string of the molecule is CCC1(NCCCC2CCNC2)CCC1. The molecule has 1 atom stereocenters. The molecule has 2 heteroatoms. The molecule has 2 N–H and O–H groups in total. The van der Waals surface area contributed by atoms with E-state index in [-0.39, 0.29) is 0 Å². The van der Waals surface area contributed by atoms with Crippen molar-refractivity contribution in [2.75, 3.05) is 19.6 Å². The predicted molar refractivity (Wildman–Crippen MR) is 65.1 cm³/mol. The minimum Gasteiger partial charge on any atom is -0.316 e. The second kappa shape index (κ2) is 5.31. The van der Waals surface area contributed by atoms with E-state index in [1.54, 1.807) is 0 Å². The average molecular weight is 210 g/mol. The molecule has 2 aliphatic rings. The summed E-state index contributed by atoms with van der Waals surface area (Å²) in [5, 5.41) is 7.23. The quantitative estimate of drug-likeness (QED) is 0.657. The molecule has 2 fully saturated rings. The van der Waals surface area contributed by atoms with E-state index in [0.717, 1.165) is 5.92 Å². The summed E-state index contributed by atoms with van der Waals surface area (Å²) in [6.45, 7) is 6.08. The van der Waals surface area contributed by atoms with Crippen molar-refractivity contribution in [1.29, 1.82) is 0 Å². The number of nitrogens with one attached hydrogen (secondary N) is 2. The van der Waals surface area contributed by atoms with Gasteiger partial charge >= 0.3 is 0 Å². The van der Waals surface area contributed by atoms with Crippen LogP contribution < -0.4 is 10.6 Å². The van der Waals surface area contributed by atoms with E-state index in [9.17, 15) is 0 Å². The average Bonchev–Trinajstić information content (AvgIpc) is 2.68. The van der Waals surface area contributed by atoms with Crippen molar-refractivity contribution in [2.24, 2.45) is 5.92 Å². The lowest BCUT2D eigenvalue weighted by atomic mass is 9.75. The van der Waals surface area contributed by atoms with Gasteiger partial charge < -0.3 is 10.6 Å². The molecule has 0 bridgehead atoms. The van der Waals surface area contributed by atoms with Gasteiger partial charge in [0.25, 0.3) is 0 Å². The molecule has 0 amide bonds. The molecule has 1 heterocycles. The largest absolute Gasteiger partial charge is 0.316 e. The summed E-state index contributed by atoms with van der Waals surface area (Å²) >= 11 is 0. The molecule has 0 aromatic heterocycles. The van der Waals surface area contributed by atoms with Gasteiger partial charge in [0.2, 0.25) is 0 Å². The maximum atomic E-state index is 3.79. The van der Waals surface area contributed by atoms with E-state index in [2.05, 4.69) is 17.6 Å². The molecule has 1 aliphatic carbocycles. The molecular weight excluding hydrogens is 184 g/mol. The maximum absolute atomic E-state index is 3.79. The fourth-order valence-electron chi connectivity index (χ4n) is 2.96. The molecule has 1 saturated heterocycles. The summed E-state index contributed by atoms with van der Waals surface area (Å²) in [6.07, 6.45) is 9.77. The molecule has 0 radical (unpaired) electrons. The summed E-state index contributed by atoms with van der Waals surface area (Å²) in [7, 11) is 0. The van der Waals surface area contributed by atoms with Gasteiger partial charge in [-0.2, -0.15) is 0 Å². The molecule has 0 aromatic carbocycles. The predicted octanol–water partition coefficient (Wildman–Crippen LogP) is 2.30. The Labute approximate surface area is 94.2 Å². The summed E-state index contributed by atoms with van der Waals surface area (Å²) < 4.78 is 0. The third kappa shape index (κ3) is 2.94. The highest BCUT2D eigenvalue weighted by Gasteiger charge is 2.33. The van der Waals surface area contributed by atoms with Crippen LogP contribution in [-0.4, -0.2) is 25.2 Å². The van der Waals surface area contributed by atoms with Gasteiger partial charge in [0.05, 0.1) is 0 Å². The summed E-state index contributed by atoms with van der Waals surface area (Å²) in [5.74, 6) is 0.964. The van der Waals surface area contributed by atoms with Crippen molar-refractivity contribution in [1.82, 2.24) is 10.6 Å². The Kier molecular flexibility index (Phi) is 4.04. The molecule has 88 valence electrons. The Morgan fingerprint density at radius 1 is 1.40 bits per heavy atom. The Bertz CT molecular complexity index is 175. The van der Waals surface area contributed by atoms with Crippen LogP contribution in [0.1, 0.15) is 51.9 Å². The van der Waals surface area contributed by atoms with Crippen LogP contribution in [0, 0.1) is 5.92 Å². The minimum atomic E-state index is 0.550. The highest BCUT2D eigenvalue weighted by atomic mass is 15.0. The first-order chi connectivity index (χ1) is 7.35. The molecule has 1 aliphatic heterocycles. The van der Waals surface area contributed by atoms with Crippen LogP contribution in [0.5, 0.6) is 0 Å². The zero-order valence-corrected chi connectivity index (χ0v) is 10.1. The number of hydrogen-bond acceptors (Lipinski definition) is 2. The Hall–Kier alpha value is -0.0800. The Balaban J connectivity index is 1.54. The molecular formula is C13H26N2. The van der Waals surface area contributed by atoms with Crippen LogP contribution in [0.25, 0.3) is 0 Å². The summed E-state index contributed by atoms with van der Waals surface area (Å²) in [4.78, 5) is 0. The molecule has 1 unspecified atom stereocenters. The second-order valence-electron chi connectivity index (χ2n) is 5.42. The van der Waals surface area contributed by atoms with Crippen LogP contribution in [-0.2, 0) is 0 Å². The minimum absolute atomic E-state index is 0.550. The van der Waals surface area contributed by atoms with Crippen LogP contribution >= 0.6 is 0 Å². The van der Waals surface area contributed by atoms with Gasteiger partial charge in [-0.25, -0.2) is 0 Å². The first kappa shape index (κ1) is 11.4.